The van der Waals surface area contributed by atoms with Crippen LogP contribution >= 0.6 is 0 Å². The van der Waals surface area contributed by atoms with Gasteiger partial charge in [0.2, 0.25) is 0 Å². The summed E-state index contributed by atoms with van der Waals surface area (Å²) in [7, 11) is 0. The number of benzene rings is 1. The summed E-state index contributed by atoms with van der Waals surface area (Å²) in [6.45, 7) is 2.01. The van der Waals surface area contributed by atoms with Crippen molar-refractivity contribution in [3.8, 4) is 0 Å². The van der Waals surface area contributed by atoms with Gasteiger partial charge in [-0.3, -0.25) is 4.79 Å². The number of alkyl halides is 3. The molecule has 0 radical (unpaired) electrons. The van der Waals surface area contributed by atoms with Crippen LogP contribution in [-0.2, 0) is 0 Å². The van der Waals surface area contributed by atoms with Crippen molar-refractivity contribution in [3.63, 3.8) is 0 Å². The van der Waals surface area contributed by atoms with Crippen molar-refractivity contribution in [2.45, 2.75) is 63.3 Å². The number of aromatic nitrogens is 2. The average Bonchev–Trinajstić information content (AvgIpc) is 3.48. The molecule has 166 valence electrons. The number of hydrogen-bond donors (Lipinski definition) is 2. The predicted octanol–water partition coefficient (Wildman–Crippen LogP) is 5.10. The van der Waals surface area contributed by atoms with Gasteiger partial charge in [-0.2, -0.15) is 18.3 Å². The predicted molar refractivity (Wildman–Crippen MR) is 111 cm³/mol. The third kappa shape index (κ3) is 3.70. The molecule has 2 aliphatic carbocycles. The summed E-state index contributed by atoms with van der Waals surface area (Å²) in [4.78, 5) is 13.1. The van der Waals surface area contributed by atoms with Crippen molar-refractivity contribution >= 4 is 11.7 Å². The largest absolute Gasteiger partial charge is 0.410 e. The lowest BCUT2D eigenvalue weighted by Crippen LogP contribution is -2.41. The normalized spacial score (nSPS) is 30.5. The fourth-order valence-corrected chi connectivity index (χ4v) is 5.93. The molecular formula is C23H27F3N4O. The molecule has 5 nitrogen and oxygen atoms in total. The van der Waals surface area contributed by atoms with Crippen LogP contribution in [0.4, 0.5) is 19.0 Å². The first-order valence-corrected chi connectivity index (χ1v) is 11.1. The third-order valence-corrected chi connectivity index (χ3v) is 7.48. The smallest absolute Gasteiger partial charge is 0.363 e. The van der Waals surface area contributed by atoms with E-state index < -0.39 is 18.3 Å². The van der Waals surface area contributed by atoms with Gasteiger partial charge in [-0.25, -0.2) is 4.68 Å². The molecule has 2 fully saturated rings. The summed E-state index contributed by atoms with van der Waals surface area (Å²) < 4.78 is 42.4. The van der Waals surface area contributed by atoms with Crippen molar-refractivity contribution in [1.82, 2.24) is 15.1 Å². The van der Waals surface area contributed by atoms with Crippen molar-refractivity contribution in [2.75, 3.05) is 5.32 Å². The van der Waals surface area contributed by atoms with Crippen molar-refractivity contribution in [2.24, 2.45) is 17.8 Å². The van der Waals surface area contributed by atoms with Crippen LogP contribution in [-0.4, -0.2) is 27.9 Å². The van der Waals surface area contributed by atoms with Crippen LogP contribution in [0.3, 0.4) is 0 Å². The molecule has 5 rings (SSSR count). The fourth-order valence-electron chi connectivity index (χ4n) is 5.93. The Morgan fingerprint density at radius 2 is 1.97 bits per heavy atom. The lowest BCUT2D eigenvalue weighted by atomic mass is 9.84. The van der Waals surface area contributed by atoms with Crippen LogP contribution in [0.15, 0.2) is 36.5 Å². The summed E-state index contributed by atoms with van der Waals surface area (Å²) in [5.74, 6) is 1.64. The van der Waals surface area contributed by atoms with Gasteiger partial charge < -0.3 is 10.6 Å². The van der Waals surface area contributed by atoms with E-state index in [2.05, 4.69) is 15.7 Å². The van der Waals surface area contributed by atoms with Gasteiger partial charge in [-0.15, -0.1) is 0 Å². The maximum absolute atomic E-state index is 13.8. The van der Waals surface area contributed by atoms with Gasteiger partial charge in [-0.05, 0) is 49.5 Å². The first kappa shape index (κ1) is 20.4. The molecule has 0 unspecified atom stereocenters. The molecule has 6 atom stereocenters. The van der Waals surface area contributed by atoms with Crippen LogP contribution in [0.25, 0.3) is 0 Å². The highest BCUT2D eigenvalue weighted by Gasteiger charge is 2.47. The van der Waals surface area contributed by atoms with E-state index in [1.54, 1.807) is 24.3 Å². The third-order valence-electron chi connectivity index (χ3n) is 7.48. The number of amides is 1. The minimum atomic E-state index is -4.46. The lowest BCUT2D eigenvalue weighted by molar-refractivity contribution is -0.173. The molecule has 2 aromatic rings. The summed E-state index contributed by atoms with van der Waals surface area (Å²) >= 11 is 0. The molecule has 2 heterocycles. The number of fused-ring (bicyclic) bond motifs is 3. The van der Waals surface area contributed by atoms with E-state index >= 15 is 0 Å². The Balaban J connectivity index is 1.40. The van der Waals surface area contributed by atoms with Gasteiger partial charge >= 0.3 is 6.18 Å². The number of nitrogens with one attached hydrogen (secondary N) is 2. The average molecular weight is 432 g/mol. The highest BCUT2D eigenvalue weighted by Crippen LogP contribution is 2.49. The van der Waals surface area contributed by atoms with Crippen LogP contribution < -0.4 is 10.6 Å². The number of hydrogen-bond acceptors (Lipinski definition) is 3. The molecule has 1 aromatic heterocycles. The topological polar surface area (TPSA) is 59.0 Å². The molecule has 2 N–H and O–H groups in total. The summed E-state index contributed by atoms with van der Waals surface area (Å²) in [6.07, 6.45) is 1.49. The monoisotopic (exact) mass is 432 g/mol. The molecular weight excluding hydrogens is 405 g/mol. The standard InChI is InChI=1S/C23H27F3N4O/c1-13(17-10-14-7-8-16(17)9-14)28-22(31)18-12-27-30-20(23(24,25)26)11-19(29-21(18)30)15-5-3-2-4-6-15/h2-6,12-14,16-17,19-20,29H,7-11H2,1H3,(H,28,31)/t13-,14+,16+,17+,19-,20+/m0/s1. The molecule has 2 saturated carbocycles. The van der Waals surface area contributed by atoms with E-state index in [0.717, 1.165) is 22.6 Å². The lowest BCUT2D eigenvalue weighted by Gasteiger charge is -2.34. The Morgan fingerprint density at radius 1 is 1.19 bits per heavy atom. The molecule has 2 bridgehead atoms. The van der Waals surface area contributed by atoms with Crippen molar-refractivity contribution in [1.29, 1.82) is 0 Å². The maximum Gasteiger partial charge on any atom is 0.410 e. The van der Waals surface area contributed by atoms with Crippen LogP contribution in [0.1, 0.15) is 67.0 Å². The van der Waals surface area contributed by atoms with Crippen LogP contribution in [0, 0.1) is 17.8 Å². The van der Waals surface area contributed by atoms with Gasteiger partial charge in [0, 0.05) is 12.5 Å². The summed E-state index contributed by atoms with van der Waals surface area (Å²) in [6, 6.07) is 6.69. The molecule has 1 amide bonds. The van der Waals surface area contributed by atoms with Gasteiger partial charge in [-0.1, -0.05) is 36.8 Å². The second kappa shape index (κ2) is 7.57. The zero-order chi connectivity index (χ0) is 21.8. The zero-order valence-corrected chi connectivity index (χ0v) is 17.4. The SMILES string of the molecule is C[C@H](NC(=O)c1cnn2c1N[C@H](c1ccccc1)C[C@@H]2C(F)(F)F)[C@H]1C[C@@H]2CC[C@@H]1C2. The van der Waals surface area contributed by atoms with E-state index in [9.17, 15) is 18.0 Å². The number of carbonyl (C=O) groups excluding carboxylic acids is 1. The molecule has 0 spiro atoms. The van der Waals surface area contributed by atoms with Gasteiger partial charge in [0.25, 0.3) is 5.91 Å². The fraction of sp³-hybridized carbons (Fsp3) is 0.565. The van der Waals surface area contributed by atoms with Crippen molar-refractivity contribution in [3.05, 3.63) is 47.7 Å². The minimum absolute atomic E-state index is 0.00901. The van der Waals surface area contributed by atoms with Crippen LogP contribution in [0.2, 0.25) is 0 Å². The molecule has 3 aliphatic rings. The first-order chi connectivity index (χ1) is 14.8. The van der Waals surface area contributed by atoms with E-state index in [0.29, 0.717) is 11.8 Å². The Bertz CT molecular complexity index is 957. The second-order valence-corrected chi connectivity index (χ2v) is 9.35. The molecule has 8 heteroatoms. The molecule has 1 aromatic carbocycles. The van der Waals surface area contributed by atoms with Crippen LogP contribution in [0.5, 0.6) is 0 Å². The van der Waals surface area contributed by atoms with Crippen molar-refractivity contribution < 1.29 is 18.0 Å². The highest BCUT2D eigenvalue weighted by molar-refractivity contribution is 5.99. The maximum atomic E-state index is 13.8. The first-order valence-electron chi connectivity index (χ1n) is 11.1. The zero-order valence-electron chi connectivity index (χ0n) is 17.4. The van der Waals surface area contributed by atoms with E-state index in [1.165, 1.54) is 25.5 Å². The Morgan fingerprint density at radius 3 is 2.61 bits per heavy atom. The summed E-state index contributed by atoms with van der Waals surface area (Å²) in [5.41, 5.74) is 0.927. The van der Waals surface area contributed by atoms with E-state index in [1.807, 2.05) is 13.0 Å². The summed E-state index contributed by atoms with van der Waals surface area (Å²) in [5, 5.41) is 10.2. The molecule has 0 saturated heterocycles. The number of anilines is 1. The Labute approximate surface area is 179 Å². The number of carbonyl (C=O) groups is 1. The van der Waals surface area contributed by atoms with E-state index in [4.69, 9.17) is 0 Å². The van der Waals surface area contributed by atoms with Gasteiger partial charge in [0.1, 0.15) is 11.4 Å². The minimum Gasteiger partial charge on any atom is -0.363 e. The number of halogens is 3. The Kier molecular flexibility index (Phi) is 4.98. The van der Waals surface area contributed by atoms with Gasteiger partial charge in [0.15, 0.2) is 6.04 Å². The quantitative estimate of drug-likeness (QED) is 0.707. The van der Waals surface area contributed by atoms with E-state index in [-0.39, 0.29) is 29.8 Å². The second-order valence-electron chi connectivity index (χ2n) is 9.35. The molecule has 1 aliphatic heterocycles. The number of rotatable bonds is 4. The van der Waals surface area contributed by atoms with Gasteiger partial charge in [0.05, 0.1) is 12.2 Å². The Hall–Kier alpha value is -2.51. The highest BCUT2D eigenvalue weighted by atomic mass is 19.4. The number of nitrogens with zero attached hydrogens (tertiary/aromatic N) is 2. The molecule has 31 heavy (non-hydrogen) atoms.